The van der Waals surface area contributed by atoms with Gasteiger partial charge in [-0.3, -0.25) is 10.2 Å². The Morgan fingerprint density at radius 2 is 2.03 bits per heavy atom. The molecule has 2 aromatic rings. The molecule has 1 saturated heterocycles. The minimum atomic E-state index is -0.372. The molecule has 0 radical (unpaired) electrons. The van der Waals surface area contributed by atoms with E-state index in [0.29, 0.717) is 5.69 Å². The van der Waals surface area contributed by atoms with Crippen LogP contribution in [0.25, 0.3) is 0 Å². The highest BCUT2D eigenvalue weighted by molar-refractivity contribution is 8.14. The van der Waals surface area contributed by atoms with Crippen LogP contribution in [0.4, 0.5) is 10.1 Å². The summed E-state index contributed by atoms with van der Waals surface area (Å²) in [5.74, 6) is -0.381. The van der Waals surface area contributed by atoms with E-state index in [2.05, 4.69) is 62.4 Å². The van der Waals surface area contributed by atoms with Gasteiger partial charge in [-0.1, -0.05) is 47.7 Å². The van der Waals surface area contributed by atoms with Crippen LogP contribution in [0.3, 0.4) is 0 Å². The molecule has 7 nitrogen and oxygen atoms in total. The number of nitrogens with one attached hydrogen (secondary N) is 3. The molecule has 32 heavy (non-hydrogen) atoms. The maximum atomic E-state index is 13.5. The van der Waals surface area contributed by atoms with E-state index in [0.717, 1.165) is 17.2 Å². The topological polar surface area (TPSA) is 72.0 Å². The molecule has 166 valence electrons. The average Bonchev–Trinajstić information content (AvgIpc) is 3.39. The smallest absolute Gasteiger partial charge is 0.234 e. The number of carbonyl (C=O) groups excluding carboxylic acids is 1. The first-order chi connectivity index (χ1) is 15.5. The van der Waals surface area contributed by atoms with Gasteiger partial charge in [0.15, 0.2) is 5.17 Å². The number of amides is 1. The summed E-state index contributed by atoms with van der Waals surface area (Å²) < 4.78 is 13.5. The van der Waals surface area contributed by atoms with Crippen molar-refractivity contribution in [3.63, 3.8) is 0 Å². The van der Waals surface area contributed by atoms with Crippen LogP contribution in [0, 0.1) is 19.7 Å². The predicted octanol–water partition coefficient (Wildman–Crippen LogP) is 3.42. The Morgan fingerprint density at radius 3 is 2.84 bits per heavy atom. The Bertz CT molecular complexity index is 1090. The highest BCUT2D eigenvalue weighted by Gasteiger charge is 2.44. The number of carbonyl (C=O) groups is 1. The lowest BCUT2D eigenvalue weighted by atomic mass is 9.99. The maximum Gasteiger partial charge on any atom is 0.234 e. The molecule has 3 aliphatic heterocycles. The summed E-state index contributed by atoms with van der Waals surface area (Å²) in [6.07, 6.45) is 4.94. The molecule has 3 heterocycles. The summed E-state index contributed by atoms with van der Waals surface area (Å²) in [5.41, 5.74) is 10.6. The lowest BCUT2D eigenvalue weighted by molar-refractivity contribution is -0.113. The normalized spacial score (nSPS) is 23.5. The number of hydrogen-bond donors (Lipinski definition) is 3. The summed E-state index contributed by atoms with van der Waals surface area (Å²) in [6, 6.07) is 13.4. The van der Waals surface area contributed by atoms with Crippen molar-refractivity contribution in [2.75, 3.05) is 11.1 Å². The van der Waals surface area contributed by atoms with Crippen molar-refractivity contribution in [1.29, 1.82) is 0 Å². The Kier molecular flexibility index (Phi) is 5.52. The molecule has 3 aliphatic rings. The minimum absolute atomic E-state index is 0.000951. The van der Waals surface area contributed by atoms with E-state index in [1.807, 2.05) is 19.3 Å². The van der Waals surface area contributed by atoms with Gasteiger partial charge in [-0.25, -0.2) is 9.82 Å². The number of anilines is 1. The molecule has 0 aliphatic carbocycles. The van der Waals surface area contributed by atoms with Crippen molar-refractivity contribution >= 4 is 28.5 Å². The van der Waals surface area contributed by atoms with Gasteiger partial charge in [0.05, 0.1) is 17.8 Å². The summed E-state index contributed by atoms with van der Waals surface area (Å²) in [4.78, 5) is 14.5. The van der Waals surface area contributed by atoms with E-state index in [1.54, 1.807) is 6.07 Å². The van der Waals surface area contributed by atoms with Gasteiger partial charge in [0.1, 0.15) is 12.0 Å². The number of nitrogens with zero attached hydrogens (tertiary/aromatic N) is 3. The van der Waals surface area contributed by atoms with Crippen molar-refractivity contribution < 1.29 is 9.18 Å². The lowest BCUT2D eigenvalue weighted by Gasteiger charge is -2.36. The number of halogens is 1. The average molecular weight is 453 g/mol. The molecule has 9 heteroatoms. The van der Waals surface area contributed by atoms with Crippen LogP contribution in [0.15, 0.2) is 60.0 Å². The Balaban J connectivity index is 1.19. The van der Waals surface area contributed by atoms with E-state index < -0.39 is 0 Å². The Hall–Kier alpha value is -3.04. The molecule has 1 fully saturated rings. The summed E-state index contributed by atoms with van der Waals surface area (Å²) in [7, 11) is 0. The number of hydrazine groups is 1. The second kappa shape index (κ2) is 8.48. The van der Waals surface area contributed by atoms with E-state index >= 15 is 0 Å². The first-order valence-corrected chi connectivity index (χ1v) is 11.6. The second-order valence-electron chi connectivity index (χ2n) is 8.27. The minimum Gasteiger partial charge on any atom is -0.325 e. The zero-order chi connectivity index (χ0) is 22.2. The van der Waals surface area contributed by atoms with Crippen molar-refractivity contribution in [1.82, 2.24) is 20.8 Å². The van der Waals surface area contributed by atoms with Gasteiger partial charge >= 0.3 is 0 Å². The highest BCUT2D eigenvalue weighted by atomic mass is 32.2. The molecular formula is C23H25FN6OS. The number of hydrogen-bond acceptors (Lipinski definition) is 7. The number of rotatable bonds is 4. The second-order valence-corrected chi connectivity index (χ2v) is 9.22. The maximum absolute atomic E-state index is 13.5. The number of hydrazone groups is 1. The first-order valence-electron chi connectivity index (χ1n) is 10.6. The number of fused-ring (bicyclic) bond motifs is 3. The zero-order valence-electron chi connectivity index (χ0n) is 17.9. The van der Waals surface area contributed by atoms with E-state index in [4.69, 9.17) is 0 Å². The van der Waals surface area contributed by atoms with Gasteiger partial charge in [0.2, 0.25) is 5.91 Å². The molecular weight excluding hydrogens is 427 g/mol. The van der Waals surface area contributed by atoms with Crippen LogP contribution >= 0.6 is 11.8 Å². The molecule has 0 aromatic heterocycles. The van der Waals surface area contributed by atoms with Crippen molar-refractivity contribution in [2.45, 2.75) is 38.5 Å². The van der Waals surface area contributed by atoms with Gasteiger partial charge in [-0.05, 0) is 43.5 Å². The standard InChI is InChI=1S/C23H25FN6OS/c1-14-3-6-16(7-4-14)19-12-20-22-26-27-23(29(22)9-10-30(20)28-19)32-13-21(31)25-18-11-17(24)8-5-15(18)2/h3-11,19-20,22,26,28H,12-13H2,1-2H3,(H,25,31). The van der Waals surface area contributed by atoms with Crippen molar-refractivity contribution in [2.24, 2.45) is 5.10 Å². The van der Waals surface area contributed by atoms with Crippen LogP contribution in [0.1, 0.15) is 29.2 Å². The molecule has 3 unspecified atom stereocenters. The van der Waals surface area contributed by atoms with Crippen molar-refractivity contribution in [3.8, 4) is 0 Å². The molecule has 2 aromatic carbocycles. The van der Waals surface area contributed by atoms with Crippen LogP contribution in [-0.2, 0) is 4.79 Å². The number of amidine groups is 1. The van der Waals surface area contributed by atoms with Crippen LogP contribution in [0.2, 0.25) is 0 Å². The van der Waals surface area contributed by atoms with E-state index in [1.165, 1.54) is 35.0 Å². The molecule has 0 bridgehead atoms. The third kappa shape index (κ3) is 4.05. The fourth-order valence-electron chi connectivity index (χ4n) is 4.21. The van der Waals surface area contributed by atoms with Crippen LogP contribution < -0.4 is 16.2 Å². The van der Waals surface area contributed by atoms with Crippen molar-refractivity contribution in [3.05, 3.63) is 77.4 Å². The quantitative estimate of drug-likeness (QED) is 0.660. The molecule has 0 spiro atoms. The van der Waals surface area contributed by atoms with Gasteiger partial charge in [-0.2, -0.15) is 5.10 Å². The fourth-order valence-corrected chi connectivity index (χ4v) is 4.98. The third-order valence-corrected chi connectivity index (χ3v) is 6.96. The molecule has 3 atom stereocenters. The van der Waals surface area contributed by atoms with E-state index in [-0.39, 0.29) is 35.7 Å². The molecule has 3 N–H and O–H groups in total. The number of benzene rings is 2. The Labute approximate surface area is 190 Å². The van der Waals surface area contributed by atoms with Crippen LogP contribution in [0.5, 0.6) is 0 Å². The SMILES string of the molecule is Cc1ccc(C2CC3C4NN=C(SCC(=O)Nc5cc(F)ccc5C)N4C=CN3N2)cc1. The third-order valence-electron chi connectivity index (χ3n) is 5.99. The summed E-state index contributed by atoms with van der Waals surface area (Å²) in [5, 5.41) is 10.1. The van der Waals surface area contributed by atoms with Gasteiger partial charge in [0, 0.05) is 18.1 Å². The monoisotopic (exact) mass is 452 g/mol. The largest absolute Gasteiger partial charge is 0.325 e. The summed E-state index contributed by atoms with van der Waals surface area (Å²) in [6.45, 7) is 3.93. The molecule has 1 amide bonds. The first kappa shape index (κ1) is 20.8. The van der Waals surface area contributed by atoms with Crippen LogP contribution in [-0.4, -0.2) is 38.9 Å². The fraction of sp³-hybridized carbons (Fsp3) is 0.304. The molecule has 5 rings (SSSR count). The Morgan fingerprint density at radius 1 is 1.22 bits per heavy atom. The highest BCUT2D eigenvalue weighted by Crippen LogP contribution is 2.35. The lowest BCUT2D eigenvalue weighted by Crippen LogP contribution is -2.54. The number of aryl methyl sites for hydroxylation is 2. The molecule has 0 saturated carbocycles. The van der Waals surface area contributed by atoms with Gasteiger partial charge < -0.3 is 15.2 Å². The van der Waals surface area contributed by atoms with Gasteiger partial charge in [-0.15, -0.1) is 0 Å². The summed E-state index contributed by atoms with van der Waals surface area (Å²) >= 11 is 1.36. The zero-order valence-corrected chi connectivity index (χ0v) is 18.7. The number of thioether (sulfide) groups is 1. The predicted molar refractivity (Wildman–Crippen MR) is 125 cm³/mol. The van der Waals surface area contributed by atoms with E-state index in [9.17, 15) is 9.18 Å². The van der Waals surface area contributed by atoms with Gasteiger partial charge in [0.25, 0.3) is 0 Å².